The Morgan fingerprint density at radius 1 is 1.52 bits per heavy atom. The molecule has 0 saturated carbocycles. The average Bonchev–Trinajstić information content (AvgIpc) is 2.79. The highest BCUT2D eigenvalue weighted by molar-refractivity contribution is 7.99. The molecule has 0 spiro atoms. The van der Waals surface area contributed by atoms with Gasteiger partial charge in [-0.2, -0.15) is 0 Å². The van der Waals surface area contributed by atoms with E-state index in [-0.39, 0.29) is 11.8 Å². The first kappa shape index (κ1) is 16.1. The highest BCUT2D eigenvalue weighted by atomic mass is 32.2. The molecule has 1 heterocycles. The lowest BCUT2D eigenvalue weighted by molar-refractivity contribution is 0.0608. The van der Waals surface area contributed by atoms with Gasteiger partial charge in [0.1, 0.15) is 5.75 Å². The fourth-order valence-electron chi connectivity index (χ4n) is 2.21. The van der Waals surface area contributed by atoms with E-state index in [4.69, 9.17) is 10.5 Å². The van der Waals surface area contributed by atoms with Crippen LogP contribution in [0.5, 0.6) is 5.75 Å². The molecule has 0 aliphatic carbocycles. The number of fused-ring (bicyclic) bond motifs is 1. The molecule has 2 unspecified atom stereocenters. The Bertz CT molecular complexity index is 598. The number of aliphatic hydroxyl groups is 1. The lowest BCUT2D eigenvalue weighted by atomic mass is 10.0. The standard InChI is InChI=1S/C15H23N3O2S/c1-4-20-11-5-6-12-13(7-11)18-14(17-12)21-10(2)8-15(3,19)9-16/h5-7,10,19H,4,8-9,16H2,1-3H3,(H,17,18). The molecule has 21 heavy (non-hydrogen) atoms. The quantitative estimate of drug-likeness (QED) is 0.685. The predicted molar refractivity (Wildman–Crippen MR) is 86.9 cm³/mol. The molecule has 2 aromatic rings. The van der Waals surface area contributed by atoms with Gasteiger partial charge < -0.3 is 20.6 Å². The molecule has 5 nitrogen and oxygen atoms in total. The van der Waals surface area contributed by atoms with Crippen LogP contribution >= 0.6 is 11.8 Å². The second kappa shape index (κ2) is 6.68. The van der Waals surface area contributed by atoms with Crippen LogP contribution in [0.1, 0.15) is 27.2 Å². The smallest absolute Gasteiger partial charge is 0.166 e. The normalized spacial score (nSPS) is 15.9. The third kappa shape index (κ3) is 4.36. The molecule has 0 aliphatic heterocycles. The molecule has 6 heteroatoms. The Balaban J connectivity index is 2.08. The number of ether oxygens (including phenoxy) is 1. The molecule has 0 saturated heterocycles. The first-order valence-electron chi connectivity index (χ1n) is 7.15. The first-order valence-corrected chi connectivity index (χ1v) is 8.03. The van der Waals surface area contributed by atoms with Crippen molar-refractivity contribution in [1.29, 1.82) is 0 Å². The van der Waals surface area contributed by atoms with Crippen molar-refractivity contribution in [2.45, 2.75) is 43.2 Å². The Morgan fingerprint density at radius 3 is 2.95 bits per heavy atom. The van der Waals surface area contributed by atoms with E-state index < -0.39 is 5.60 Å². The van der Waals surface area contributed by atoms with Crippen LogP contribution in [0.2, 0.25) is 0 Å². The zero-order valence-corrected chi connectivity index (χ0v) is 13.5. The Morgan fingerprint density at radius 2 is 2.29 bits per heavy atom. The largest absolute Gasteiger partial charge is 0.494 e. The zero-order chi connectivity index (χ0) is 15.5. The fourth-order valence-corrected chi connectivity index (χ4v) is 3.36. The van der Waals surface area contributed by atoms with Crippen LogP contribution in [0.3, 0.4) is 0 Å². The highest BCUT2D eigenvalue weighted by Crippen LogP contribution is 2.29. The zero-order valence-electron chi connectivity index (χ0n) is 12.7. The number of aromatic amines is 1. The lowest BCUT2D eigenvalue weighted by Crippen LogP contribution is -2.36. The number of nitrogens with two attached hydrogens (primary N) is 1. The van der Waals surface area contributed by atoms with Crippen molar-refractivity contribution < 1.29 is 9.84 Å². The summed E-state index contributed by atoms with van der Waals surface area (Å²) in [7, 11) is 0. The maximum Gasteiger partial charge on any atom is 0.166 e. The molecule has 0 amide bonds. The highest BCUT2D eigenvalue weighted by Gasteiger charge is 2.22. The van der Waals surface area contributed by atoms with Crippen molar-refractivity contribution in [2.24, 2.45) is 5.73 Å². The minimum Gasteiger partial charge on any atom is -0.494 e. The summed E-state index contributed by atoms with van der Waals surface area (Å²) in [5.74, 6) is 0.837. The van der Waals surface area contributed by atoms with Crippen molar-refractivity contribution in [3.63, 3.8) is 0 Å². The molecule has 2 atom stereocenters. The molecular weight excluding hydrogens is 286 g/mol. The van der Waals surface area contributed by atoms with Crippen LogP contribution in [0.15, 0.2) is 23.4 Å². The number of thioether (sulfide) groups is 1. The molecular formula is C15H23N3O2S. The van der Waals surface area contributed by atoms with E-state index in [0.717, 1.165) is 21.9 Å². The van der Waals surface area contributed by atoms with Crippen LogP contribution < -0.4 is 10.5 Å². The number of rotatable bonds is 7. The van der Waals surface area contributed by atoms with Gasteiger partial charge in [-0.05, 0) is 32.4 Å². The van der Waals surface area contributed by atoms with Crippen molar-refractivity contribution in [2.75, 3.05) is 13.2 Å². The molecule has 0 aliphatic rings. The topological polar surface area (TPSA) is 84.2 Å². The lowest BCUT2D eigenvalue weighted by Gasteiger charge is -2.24. The number of imidazole rings is 1. The summed E-state index contributed by atoms with van der Waals surface area (Å²) in [6.07, 6.45) is 0.620. The molecule has 116 valence electrons. The second-order valence-corrected chi connectivity index (χ2v) is 6.91. The van der Waals surface area contributed by atoms with Crippen molar-refractivity contribution >= 4 is 22.8 Å². The maximum absolute atomic E-state index is 10.0. The summed E-state index contributed by atoms with van der Waals surface area (Å²) in [4.78, 5) is 7.84. The number of hydrogen-bond donors (Lipinski definition) is 3. The average molecular weight is 309 g/mol. The fraction of sp³-hybridized carbons (Fsp3) is 0.533. The Kier molecular flexibility index (Phi) is 5.13. The molecule has 1 aromatic carbocycles. The number of benzene rings is 1. The Hall–Kier alpha value is -1.24. The van der Waals surface area contributed by atoms with Gasteiger partial charge in [-0.15, -0.1) is 0 Å². The van der Waals surface area contributed by atoms with Crippen molar-refractivity contribution in [3.05, 3.63) is 18.2 Å². The summed E-state index contributed by atoms with van der Waals surface area (Å²) in [6.45, 7) is 6.69. The van der Waals surface area contributed by atoms with Gasteiger partial charge >= 0.3 is 0 Å². The number of H-pyrrole nitrogens is 1. The summed E-state index contributed by atoms with van der Waals surface area (Å²) in [6, 6.07) is 5.82. The van der Waals surface area contributed by atoms with E-state index in [1.54, 1.807) is 18.7 Å². The third-order valence-electron chi connectivity index (χ3n) is 3.22. The van der Waals surface area contributed by atoms with Gasteiger partial charge in [0.05, 0.1) is 23.2 Å². The Labute approximate surface area is 129 Å². The maximum atomic E-state index is 10.0. The number of nitrogens with one attached hydrogen (secondary N) is 1. The predicted octanol–water partition coefficient (Wildman–Crippen LogP) is 2.54. The summed E-state index contributed by atoms with van der Waals surface area (Å²) in [5, 5.41) is 11.1. The van der Waals surface area contributed by atoms with Crippen molar-refractivity contribution in [1.82, 2.24) is 9.97 Å². The van der Waals surface area contributed by atoms with E-state index in [1.807, 2.05) is 25.1 Å². The van der Waals surface area contributed by atoms with Gasteiger partial charge in [0.25, 0.3) is 0 Å². The van der Waals surface area contributed by atoms with Crippen molar-refractivity contribution in [3.8, 4) is 5.75 Å². The number of aromatic nitrogens is 2. The van der Waals surface area contributed by atoms with Gasteiger partial charge in [0.2, 0.25) is 0 Å². The van der Waals surface area contributed by atoms with Crippen LogP contribution in [-0.4, -0.2) is 39.1 Å². The SMILES string of the molecule is CCOc1ccc2nc(SC(C)CC(C)(O)CN)[nH]c2c1. The molecule has 1 aromatic heterocycles. The third-order valence-corrected chi connectivity index (χ3v) is 4.21. The van der Waals surface area contributed by atoms with E-state index in [0.29, 0.717) is 13.0 Å². The van der Waals surface area contributed by atoms with E-state index in [2.05, 4.69) is 16.9 Å². The molecule has 0 fully saturated rings. The van der Waals surface area contributed by atoms with Crippen LogP contribution in [-0.2, 0) is 0 Å². The van der Waals surface area contributed by atoms with Gasteiger partial charge in [0, 0.05) is 17.9 Å². The molecule has 2 rings (SSSR count). The summed E-state index contributed by atoms with van der Waals surface area (Å²) in [5.41, 5.74) is 6.60. The second-order valence-electron chi connectivity index (χ2n) is 5.49. The number of nitrogens with zero attached hydrogens (tertiary/aromatic N) is 1. The summed E-state index contributed by atoms with van der Waals surface area (Å²) >= 11 is 1.61. The molecule has 0 radical (unpaired) electrons. The van der Waals surface area contributed by atoms with Crippen LogP contribution in [0.25, 0.3) is 11.0 Å². The van der Waals surface area contributed by atoms with Gasteiger partial charge in [0.15, 0.2) is 5.16 Å². The molecule has 4 N–H and O–H groups in total. The monoisotopic (exact) mass is 309 g/mol. The van der Waals surface area contributed by atoms with Gasteiger partial charge in [-0.3, -0.25) is 0 Å². The van der Waals surface area contributed by atoms with E-state index >= 15 is 0 Å². The van der Waals surface area contributed by atoms with Crippen LogP contribution in [0.4, 0.5) is 0 Å². The minimum absolute atomic E-state index is 0.218. The first-order chi connectivity index (χ1) is 9.93. The minimum atomic E-state index is -0.833. The molecule has 0 bridgehead atoms. The van der Waals surface area contributed by atoms with Gasteiger partial charge in [-0.25, -0.2) is 4.98 Å². The van der Waals surface area contributed by atoms with E-state index in [9.17, 15) is 5.11 Å². The van der Waals surface area contributed by atoms with Gasteiger partial charge in [-0.1, -0.05) is 18.7 Å². The van der Waals surface area contributed by atoms with Crippen LogP contribution in [0, 0.1) is 0 Å². The number of hydrogen-bond acceptors (Lipinski definition) is 5. The summed E-state index contributed by atoms with van der Waals surface area (Å²) < 4.78 is 5.48. The van der Waals surface area contributed by atoms with E-state index in [1.165, 1.54) is 0 Å².